The van der Waals surface area contributed by atoms with Gasteiger partial charge in [-0.05, 0) is 30.5 Å². The maximum atomic E-state index is 13.8. The van der Waals surface area contributed by atoms with E-state index < -0.39 is 0 Å². The first kappa shape index (κ1) is 13.5. The lowest BCUT2D eigenvalue weighted by Crippen LogP contribution is -1.97. The summed E-state index contributed by atoms with van der Waals surface area (Å²) in [5.74, 6) is 6.20. The van der Waals surface area contributed by atoms with Gasteiger partial charge in [-0.3, -0.25) is 0 Å². The zero-order chi connectivity index (χ0) is 12.8. The molecule has 1 fully saturated rings. The van der Waals surface area contributed by atoms with E-state index in [1.807, 2.05) is 23.9 Å². The molecule has 1 aliphatic rings. The number of hydrogen-bond donors (Lipinski definition) is 1. The van der Waals surface area contributed by atoms with Crippen molar-refractivity contribution in [3.63, 3.8) is 0 Å². The Balaban J connectivity index is 1.96. The van der Waals surface area contributed by atoms with Crippen LogP contribution in [0.15, 0.2) is 18.2 Å². The molecule has 0 aliphatic heterocycles. The lowest BCUT2D eigenvalue weighted by molar-refractivity contribution is 0.617. The minimum atomic E-state index is -0.149. The van der Waals surface area contributed by atoms with Crippen LogP contribution in [0.4, 0.5) is 4.39 Å². The highest BCUT2D eigenvalue weighted by atomic mass is 32.2. The molecule has 2 rings (SSSR count). The van der Waals surface area contributed by atoms with Crippen molar-refractivity contribution in [2.75, 3.05) is 6.54 Å². The normalized spacial score (nSPS) is 15.4. The molecule has 1 aromatic rings. The van der Waals surface area contributed by atoms with Crippen LogP contribution in [0.3, 0.4) is 0 Å². The molecule has 96 valence electrons. The van der Waals surface area contributed by atoms with Crippen LogP contribution < -0.4 is 5.73 Å². The summed E-state index contributed by atoms with van der Waals surface area (Å²) in [5.41, 5.74) is 6.78. The molecular weight excluding hydrogens is 245 g/mol. The molecule has 1 saturated carbocycles. The molecule has 1 aromatic carbocycles. The van der Waals surface area contributed by atoms with Crippen molar-refractivity contribution in [3.8, 4) is 11.8 Å². The molecule has 0 heterocycles. The van der Waals surface area contributed by atoms with Crippen LogP contribution in [0.1, 0.15) is 36.8 Å². The maximum Gasteiger partial charge on any atom is 0.128 e. The number of thioether (sulfide) groups is 1. The molecule has 0 saturated heterocycles. The van der Waals surface area contributed by atoms with E-state index in [0.29, 0.717) is 12.1 Å². The molecular formula is C15H18FNS. The molecule has 0 aromatic heterocycles. The second-order valence-corrected chi connectivity index (χ2v) is 5.82. The van der Waals surface area contributed by atoms with Gasteiger partial charge in [-0.2, -0.15) is 11.8 Å². The van der Waals surface area contributed by atoms with Crippen LogP contribution in [0.2, 0.25) is 0 Å². The molecule has 0 spiro atoms. The van der Waals surface area contributed by atoms with Crippen LogP contribution in [0.5, 0.6) is 0 Å². The van der Waals surface area contributed by atoms with E-state index in [2.05, 4.69) is 11.8 Å². The van der Waals surface area contributed by atoms with Crippen molar-refractivity contribution in [3.05, 3.63) is 35.1 Å². The van der Waals surface area contributed by atoms with Gasteiger partial charge in [0.2, 0.25) is 0 Å². The summed E-state index contributed by atoms with van der Waals surface area (Å²) in [4.78, 5) is 0. The molecule has 0 atom stereocenters. The topological polar surface area (TPSA) is 26.0 Å². The van der Waals surface area contributed by atoms with E-state index in [1.54, 1.807) is 0 Å². The molecule has 3 heteroatoms. The van der Waals surface area contributed by atoms with Gasteiger partial charge in [-0.1, -0.05) is 30.7 Å². The average molecular weight is 263 g/mol. The SMILES string of the molecule is NCC#Cc1ccc(CSC2CCCC2)c(F)c1. The fourth-order valence-corrected chi connectivity index (χ4v) is 3.47. The predicted molar refractivity (Wildman–Crippen MR) is 75.9 cm³/mol. The van der Waals surface area contributed by atoms with E-state index in [4.69, 9.17) is 5.73 Å². The Hall–Kier alpha value is -0.980. The van der Waals surface area contributed by atoms with Gasteiger partial charge in [-0.25, -0.2) is 4.39 Å². The second kappa shape index (κ2) is 6.82. The zero-order valence-corrected chi connectivity index (χ0v) is 11.2. The van der Waals surface area contributed by atoms with Crippen molar-refractivity contribution >= 4 is 11.8 Å². The van der Waals surface area contributed by atoms with Gasteiger partial charge in [-0.15, -0.1) is 0 Å². The summed E-state index contributed by atoms with van der Waals surface area (Å²) in [6.45, 7) is 0.306. The van der Waals surface area contributed by atoms with Gasteiger partial charge in [0.25, 0.3) is 0 Å². The van der Waals surface area contributed by atoms with Crippen molar-refractivity contribution in [2.24, 2.45) is 5.73 Å². The van der Waals surface area contributed by atoms with E-state index in [1.165, 1.54) is 31.7 Å². The maximum absolute atomic E-state index is 13.8. The van der Waals surface area contributed by atoms with Crippen LogP contribution in [-0.4, -0.2) is 11.8 Å². The quantitative estimate of drug-likeness (QED) is 0.847. The van der Waals surface area contributed by atoms with Gasteiger partial charge >= 0.3 is 0 Å². The number of benzene rings is 1. The van der Waals surface area contributed by atoms with E-state index in [0.717, 1.165) is 16.6 Å². The summed E-state index contributed by atoms with van der Waals surface area (Å²) < 4.78 is 13.8. The first-order valence-corrected chi connectivity index (χ1v) is 7.43. The monoisotopic (exact) mass is 263 g/mol. The molecule has 2 N–H and O–H groups in total. The van der Waals surface area contributed by atoms with Crippen molar-refractivity contribution < 1.29 is 4.39 Å². The number of hydrogen-bond acceptors (Lipinski definition) is 2. The Morgan fingerprint density at radius 2 is 2.11 bits per heavy atom. The van der Waals surface area contributed by atoms with E-state index in [9.17, 15) is 4.39 Å². The Kier molecular flexibility index (Phi) is 5.10. The highest BCUT2D eigenvalue weighted by molar-refractivity contribution is 7.99. The fraction of sp³-hybridized carbons (Fsp3) is 0.467. The summed E-state index contributed by atoms with van der Waals surface area (Å²) >= 11 is 1.88. The molecule has 0 unspecified atom stereocenters. The first-order chi connectivity index (χ1) is 8.79. The lowest BCUT2D eigenvalue weighted by Gasteiger charge is -2.09. The Labute approximate surface area is 112 Å². The third kappa shape index (κ3) is 3.76. The lowest BCUT2D eigenvalue weighted by atomic mass is 10.1. The van der Waals surface area contributed by atoms with Gasteiger partial charge in [0, 0.05) is 16.6 Å². The predicted octanol–water partition coefficient (Wildman–Crippen LogP) is 3.31. The zero-order valence-electron chi connectivity index (χ0n) is 10.4. The van der Waals surface area contributed by atoms with Crippen LogP contribution in [0, 0.1) is 17.7 Å². The summed E-state index contributed by atoms with van der Waals surface area (Å²) in [5, 5.41) is 0.723. The molecule has 0 amide bonds. The number of rotatable bonds is 3. The Morgan fingerprint density at radius 1 is 1.33 bits per heavy atom. The van der Waals surface area contributed by atoms with E-state index in [-0.39, 0.29) is 5.82 Å². The minimum Gasteiger partial charge on any atom is -0.320 e. The smallest absolute Gasteiger partial charge is 0.128 e. The molecule has 1 aliphatic carbocycles. The summed E-state index contributed by atoms with van der Waals surface area (Å²) in [6.07, 6.45) is 5.22. The molecule has 18 heavy (non-hydrogen) atoms. The van der Waals surface area contributed by atoms with Gasteiger partial charge < -0.3 is 5.73 Å². The Morgan fingerprint density at radius 3 is 2.78 bits per heavy atom. The van der Waals surface area contributed by atoms with E-state index >= 15 is 0 Å². The summed E-state index contributed by atoms with van der Waals surface area (Å²) in [6, 6.07) is 5.22. The standard InChI is InChI=1S/C15H18FNS/c16-15-10-12(4-3-9-17)7-8-13(15)11-18-14-5-1-2-6-14/h7-8,10,14H,1-2,5-6,9,11,17H2. The van der Waals surface area contributed by atoms with Gasteiger partial charge in [0.15, 0.2) is 0 Å². The van der Waals surface area contributed by atoms with Crippen LogP contribution >= 0.6 is 11.8 Å². The van der Waals surface area contributed by atoms with Gasteiger partial charge in [0.05, 0.1) is 6.54 Å². The van der Waals surface area contributed by atoms with Crippen molar-refractivity contribution in [1.29, 1.82) is 0 Å². The van der Waals surface area contributed by atoms with Crippen molar-refractivity contribution in [1.82, 2.24) is 0 Å². The largest absolute Gasteiger partial charge is 0.320 e. The Bertz CT molecular complexity index is 455. The van der Waals surface area contributed by atoms with Crippen molar-refractivity contribution in [2.45, 2.75) is 36.7 Å². The van der Waals surface area contributed by atoms with Crippen LogP contribution in [0.25, 0.3) is 0 Å². The molecule has 1 nitrogen and oxygen atoms in total. The third-order valence-corrected chi connectivity index (χ3v) is 4.59. The third-order valence-electron chi connectivity index (χ3n) is 3.16. The number of nitrogens with two attached hydrogens (primary N) is 1. The van der Waals surface area contributed by atoms with Gasteiger partial charge in [0.1, 0.15) is 5.82 Å². The highest BCUT2D eigenvalue weighted by Crippen LogP contribution is 2.32. The minimum absolute atomic E-state index is 0.149. The molecule has 0 bridgehead atoms. The highest BCUT2D eigenvalue weighted by Gasteiger charge is 2.15. The summed E-state index contributed by atoms with van der Waals surface area (Å²) in [7, 11) is 0. The average Bonchev–Trinajstić information content (AvgIpc) is 2.88. The second-order valence-electron chi connectivity index (χ2n) is 4.53. The molecule has 0 radical (unpaired) electrons. The first-order valence-electron chi connectivity index (χ1n) is 6.38. The van der Waals surface area contributed by atoms with Crippen LogP contribution in [-0.2, 0) is 5.75 Å². The fourth-order valence-electron chi connectivity index (χ4n) is 2.16. The number of halogens is 1.